The van der Waals surface area contributed by atoms with Crippen LogP contribution >= 0.6 is 34.5 Å². The number of rotatable bonds is 4. The molecule has 94 valence electrons. The van der Waals surface area contributed by atoms with Crippen molar-refractivity contribution in [3.8, 4) is 0 Å². The number of hydrogen-bond acceptors (Lipinski definition) is 3. The van der Waals surface area contributed by atoms with Crippen molar-refractivity contribution >= 4 is 40.4 Å². The van der Waals surface area contributed by atoms with E-state index in [-0.39, 0.29) is 5.91 Å². The molecule has 0 bridgehead atoms. The van der Waals surface area contributed by atoms with Crippen molar-refractivity contribution in [2.24, 2.45) is 0 Å². The number of carbonyl (C=O) groups excluding carboxylic acids is 1. The molecule has 0 spiro atoms. The SMILES string of the molecule is O=C(NCCc1nccs1)c1ccc(Cl)c(Cl)c1. The van der Waals surface area contributed by atoms with E-state index in [1.54, 1.807) is 35.7 Å². The highest BCUT2D eigenvalue weighted by molar-refractivity contribution is 7.09. The van der Waals surface area contributed by atoms with Gasteiger partial charge in [0.25, 0.3) is 5.91 Å². The molecule has 6 heteroatoms. The number of halogens is 2. The van der Waals surface area contributed by atoms with Crippen LogP contribution in [0.25, 0.3) is 0 Å². The Morgan fingerprint density at radius 2 is 2.17 bits per heavy atom. The zero-order chi connectivity index (χ0) is 13.0. The fourth-order valence-electron chi connectivity index (χ4n) is 1.40. The maximum absolute atomic E-state index is 11.8. The Morgan fingerprint density at radius 1 is 1.33 bits per heavy atom. The molecule has 0 unspecified atom stereocenters. The van der Waals surface area contributed by atoms with Crippen molar-refractivity contribution in [2.45, 2.75) is 6.42 Å². The van der Waals surface area contributed by atoms with E-state index in [0.29, 0.717) is 22.2 Å². The Bertz CT molecular complexity index is 543. The van der Waals surface area contributed by atoms with Gasteiger partial charge in [-0.05, 0) is 18.2 Å². The summed E-state index contributed by atoms with van der Waals surface area (Å²) in [4.78, 5) is 15.9. The van der Waals surface area contributed by atoms with Gasteiger partial charge in [-0.15, -0.1) is 11.3 Å². The minimum absolute atomic E-state index is 0.162. The van der Waals surface area contributed by atoms with Crippen molar-refractivity contribution in [3.05, 3.63) is 50.4 Å². The maximum atomic E-state index is 11.8. The number of nitrogens with one attached hydrogen (secondary N) is 1. The first kappa shape index (κ1) is 13.3. The first-order chi connectivity index (χ1) is 8.66. The van der Waals surface area contributed by atoms with Crippen LogP contribution in [0.2, 0.25) is 10.0 Å². The molecule has 0 radical (unpaired) electrons. The lowest BCUT2D eigenvalue weighted by Gasteiger charge is -2.05. The van der Waals surface area contributed by atoms with Gasteiger partial charge in [0.05, 0.1) is 15.1 Å². The van der Waals surface area contributed by atoms with E-state index in [2.05, 4.69) is 10.3 Å². The van der Waals surface area contributed by atoms with Gasteiger partial charge < -0.3 is 5.32 Å². The number of benzene rings is 1. The van der Waals surface area contributed by atoms with Gasteiger partial charge in [-0.1, -0.05) is 23.2 Å². The van der Waals surface area contributed by atoms with Crippen LogP contribution in [0.5, 0.6) is 0 Å². The molecule has 1 aromatic heterocycles. The van der Waals surface area contributed by atoms with Crippen LogP contribution in [0, 0.1) is 0 Å². The molecular formula is C12H10Cl2N2OS. The van der Waals surface area contributed by atoms with E-state index in [1.807, 2.05) is 5.38 Å². The number of carbonyl (C=O) groups is 1. The summed E-state index contributed by atoms with van der Waals surface area (Å²) in [6.07, 6.45) is 2.48. The quantitative estimate of drug-likeness (QED) is 0.940. The Kier molecular flexibility index (Phi) is 4.58. The highest BCUT2D eigenvalue weighted by Gasteiger charge is 2.07. The normalized spacial score (nSPS) is 10.3. The topological polar surface area (TPSA) is 42.0 Å². The van der Waals surface area contributed by atoms with E-state index in [0.717, 1.165) is 11.4 Å². The highest BCUT2D eigenvalue weighted by Crippen LogP contribution is 2.22. The molecular weight excluding hydrogens is 291 g/mol. The largest absolute Gasteiger partial charge is 0.352 e. The lowest BCUT2D eigenvalue weighted by atomic mass is 10.2. The summed E-state index contributed by atoms with van der Waals surface area (Å²) in [5.74, 6) is -0.162. The second-order valence-corrected chi connectivity index (χ2v) is 5.35. The maximum Gasteiger partial charge on any atom is 0.251 e. The molecule has 0 saturated carbocycles. The minimum Gasteiger partial charge on any atom is -0.352 e. The molecule has 3 nitrogen and oxygen atoms in total. The van der Waals surface area contributed by atoms with Gasteiger partial charge in [0, 0.05) is 30.1 Å². The van der Waals surface area contributed by atoms with Gasteiger partial charge >= 0.3 is 0 Å². The van der Waals surface area contributed by atoms with E-state index < -0.39 is 0 Å². The molecule has 0 atom stereocenters. The fraction of sp³-hybridized carbons (Fsp3) is 0.167. The van der Waals surface area contributed by atoms with Crippen molar-refractivity contribution < 1.29 is 4.79 Å². The highest BCUT2D eigenvalue weighted by atomic mass is 35.5. The summed E-state index contributed by atoms with van der Waals surface area (Å²) >= 11 is 13.2. The van der Waals surface area contributed by atoms with Crippen LogP contribution in [0.4, 0.5) is 0 Å². The summed E-state index contributed by atoms with van der Waals surface area (Å²) in [5.41, 5.74) is 0.503. The molecule has 2 aromatic rings. The predicted octanol–water partition coefficient (Wildman–Crippen LogP) is 3.42. The van der Waals surface area contributed by atoms with Gasteiger partial charge in [0.15, 0.2) is 0 Å². The summed E-state index contributed by atoms with van der Waals surface area (Å²) in [5, 5.41) is 6.55. The fourth-order valence-corrected chi connectivity index (χ4v) is 2.32. The molecule has 0 aliphatic heterocycles. The molecule has 0 aliphatic carbocycles. The molecule has 0 aliphatic rings. The van der Waals surface area contributed by atoms with Crippen LogP contribution in [0.15, 0.2) is 29.8 Å². The third-order valence-electron chi connectivity index (χ3n) is 2.29. The van der Waals surface area contributed by atoms with E-state index in [9.17, 15) is 4.79 Å². The zero-order valence-corrected chi connectivity index (χ0v) is 11.6. The molecule has 0 fully saturated rings. The number of hydrogen-bond donors (Lipinski definition) is 1. The molecule has 1 aromatic carbocycles. The molecule has 1 N–H and O–H groups in total. The molecule has 1 heterocycles. The Hall–Kier alpha value is -1.10. The smallest absolute Gasteiger partial charge is 0.251 e. The second-order valence-electron chi connectivity index (χ2n) is 3.56. The Labute approximate surface area is 119 Å². The molecule has 18 heavy (non-hydrogen) atoms. The van der Waals surface area contributed by atoms with E-state index >= 15 is 0 Å². The third-order valence-corrected chi connectivity index (χ3v) is 3.87. The zero-order valence-electron chi connectivity index (χ0n) is 9.32. The van der Waals surface area contributed by atoms with Gasteiger partial charge in [-0.2, -0.15) is 0 Å². The van der Waals surface area contributed by atoms with E-state index in [1.165, 1.54) is 0 Å². The summed E-state index contributed by atoms with van der Waals surface area (Å²) in [7, 11) is 0. The van der Waals surface area contributed by atoms with Gasteiger partial charge in [-0.3, -0.25) is 4.79 Å². The van der Waals surface area contributed by atoms with Crippen LogP contribution in [0.3, 0.4) is 0 Å². The van der Waals surface area contributed by atoms with Gasteiger partial charge in [0.1, 0.15) is 0 Å². The lowest BCUT2D eigenvalue weighted by Crippen LogP contribution is -2.25. The van der Waals surface area contributed by atoms with E-state index in [4.69, 9.17) is 23.2 Å². The van der Waals surface area contributed by atoms with Crippen LogP contribution < -0.4 is 5.32 Å². The van der Waals surface area contributed by atoms with Crippen molar-refractivity contribution in [1.29, 1.82) is 0 Å². The summed E-state index contributed by atoms with van der Waals surface area (Å²) in [6, 6.07) is 4.81. The predicted molar refractivity (Wildman–Crippen MR) is 74.6 cm³/mol. The minimum atomic E-state index is -0.162. The van der Waals surface area contributed by atoms with Crippen LogP contribution in [-0.2, 0) is 6.42 Å². The standard InChI is InChI=1S/C12H10Cl2N2OS/c13-9-2-1-8(7-10(9)14)12(17)16-4-3-11-15-5-6-18-11/h1-2,5-7H,3-4H2,(H,16,17). The average Bonchev–Trinajstić information content (AvgIpc) is 2.85. The van der Waals surface area contributed by atoms with Gasteiger partial charge in [0.2, 0.25) is 0 Å². The van der Waals surface area contributed by atoms with Gasteiger partial charge in [-0.25, -0.2) is 4.98 Å². The Morgan fingerprint density at radius 3 is 2.83 bits per heavy atom. The first-order valence-electron chi connectivity index (χ1n) is 5.28. The molecule has 1 amide bonds. The summed E-state index contributed by atoms with van der Waals surface area (Å²) < 4.78 is 0. The summed E-state index contributed by atoms with van der Waals surface area (Å²) in [6.45, 7) is 0.548. The van der Waals surface area contributed by atoms with Crippen molar-refractivity contribution in [3.63, 3.8) is 0 Å². The first-order valence-corrected chi connectivity index (χ1v) is 6.92. The average molecular weight is 301 g/mol. The number of nitrogens with zero attached hydrogens (tertiary/aromatic N) is 1. The third kappa shape index (κ3) is 3.45. The molecule has 0 saturated heterocycles. The van der Waals surface area contributed by atoms with Crippen molar-refractivity contribution in [2.75, 3.05) is 6.54 Å². The Balaban J connectivity index is 1.89. The number of amides is 1. The number of thiazole rings is 1. The van der Waals surface area contributed by atoms with Crippen LogP contribution in [-0.4, -0.2) is 17.4 Å². The van der Waals surface area contributed by atoms with Crippen LogP contribution in [0.1, 0.15) is 15.4 Å². The second kappa shape index (κ2) is 6.18. The number of aromatic nitrogens is 1. The molecule has 2 rings (SSSR count). The lowest BCUT2D eigenvalue weighted by molar-refractivity contribution is 0.0954. The monoisotopic (exact) mass is 300 g/mol. The van der Waals surface area contributed by atoms with Crippen molar-refractivity contribution in [1.82, 2.24) is 10.3 Å².